The first-order chi connectivity index (χ1) is 8.34. The highest BCUT2D eigenvalue weighted by Crippen LogP contribution is 2.21. The van der Waals surface area contributed by atoms with Crippen LogP contribution in [0.3, 0.4) is 0 Å². The summed E-state index contributed by atoms with van der Waals surface area (Å²) >= 11 is 0. The van der Waals surface area contributed by atoms with Gasteiger partial charge in [0, 0.05) is 51.9 Å². The first kappa shape index (κ1) is 11.4. The fourth-order valence-electron chi connectivity index (χ4n) is 2.89. The second-order valence-electron chi connectivity index (χ2n) is 5.18. The molecule has 1 N–H and O–H groups in total. The molecule has 0 aromatic heterocycles. The fourth-order valence-corrected chi connectivity index (χ4v) is 2.89. The van der Waals surface area contributed by atoms with Crippen LogP contribution in [0.2, 0.25) is 0 Å². The SMILES string of the molecule is O=C(C1CCCO1)N1CC(N2CCNCC2)C1. The van der Waals surface area contributed by atoms with Crippen molar-refractivity contribution in [1.82, 2.24) is 15.1 Å². The van der Waals surface area contributed by atoms with Crippen LogP contribution in [-0.2, 0) is 9.53 Å². The molecule has 5 heteroatoms. The standard InChI is InChI=1S/C12H21N3O2/c16-12(11-2-1-7-17-11)15-8-10(9-15)14-5-3-13-4-6-14/h10-11,13H,1-9H2. The molecule has 0 radical (unpaired) electrons. The number of carbonyl (C=O) groups excluding carboxylic acids is 1. The van der Waals surface area contributed by atoms with E-state index in [4.69, 9.17) is 4.74 Å². The van der Waals surface area contributed by atoms with Crippen LogP contribution >= 0.6 is 0 Å². The molecule has 3 saturated heterocycles. The van der Waals surface area contributed by atoms with E-state index < -0.39 is 0 Å². The molecule has 3 heterocycles. The van der Waals surface area contributed by atoms with Gasteiger partial charge in [0.1, 0.15) is 6.10 Å². The van der Waals surface area contributed by atoms with Crippen LogP contribution in [0.4, 0.5) is 0 Å². The van der Waals surface area contributed by atoms with E-state index in [0.29, 0.717) is 6.04 Å². The van der Waals surface area contributed by atoms with Gasteiger partial charge in [-0.15, -0.1) is 0 Å². The number of nitrogens with zero attached hydrogens (tertiary/aromatic N) is 2. The molecule has 3 aliphatic rings. The molecule has 3 aliphatic heterocycles. The summed E-state index contributed by atoms with van der Waals surface area (Å²) in [6.07, 6.45) is 1.80. The Hall–Kier alpha value is -0.650. The van der Waals surface area contributed by atoms with Crippen molar-refractivity contribution < 1.29 is 9.53 Å². The van der Waals surface area contributed by atoms with Crippen molar-refractivity contribution in [3.63, 3.8) is 0 Å². The maximum absolute atomic E-state index is 12.0. The van der Waals surface area contributed by atoms with Crippen molar-refractivity contribution in [2.45, 2.75) is 25.0 Å². The molecule has 1 unspecified atom stereocenters. The summed E-state index contributed by atoms with van der Waals surface area (Å²) in [6, 6.07) is 0.586. The maximum atomic E-state index is 12.0. The van der Waals surface area contributed by atoms with Crippen molar-refractivity contribution in [2.24, 2.45) is 0 Å². The van der Waals surface area contributed by atoms with Crippen molar-refractivity contribution in [3.8, 4) is 0 Å². The molecular weight excluding hydrogens is 218 g/mol. The minimum Gasteiger partial charge on any atom is -0.368 e. The minimum atomic E-state index is -0.140. The largest absolute Gasteiger partial charge is 0.368 e. The Morgan fingerprint density at radius 2 is 2.00 bits per heavy atom. The monoisotopic (exact) mass is 239 g/mol. The molecule has 0 aromatic carbocycles. The normalized spacial score (nSPS) is 31.5. The molecule has 0 saturated carbocycles. The zero-order valence-corrected chi connectivity index (χ0v) is 10.2. The van der Waals surface area contributed by atoms with E-state index >= 15 is 0 Å². The average molecular weight is 239 g/mol. The Labute approximate surface area is 102 Å². The lowest BCUT2D eigenvalue weighted by molar-refractivity contribution is -0.148. The highest BCUT2D eigenvalue weighted by atomic mass is 16.5. The van der Waals surface area contributed by atoms with Gasteiger partial charge in [0.15, 0.2) is 0 Å². The molecule has 1 atom stereocenters. The van der Waals surface area contributed by atoms with Gasteiger partial charge in [-0.25, -0.2) is 0 Å². The quantitative estimate of drug-likeness (QED) is 0.691. The van der Waals surface area contributed by atoms with Gasteiger partial charge in [-0.3, -0.25) is 9.69 Å². The van der Waals surface area contributed by atoms with E-state index in [1.165, 1.54) is 0 Å². The summed E-state index contributed by atoms with van der Waals surface area (Å²) in [4.78, 5) is 16.5. The lowest BCUT2D eigenvalue weighted by atomic mass is 10.0. The predicted molar refractivity (Wildman–Crippen MR) is 63.8 cm³/mol. The van der Waals surface area contributed by atoms with E-state index in [9.17, 15) is 4.79 Å². The highest BCUT2D eigenvalue weighted by Gasteiger charge is 2.38. The summed E-state index contributed by atoms with van der Waals surface area (Å²) in [5.74, 6) is 0.217. The van der Waals surface area contributed by atoms with Gasteiger partial charge in [-0.05, 0) is 12.8 Å². The van der Waals surface area contributed by atoms with Crippen LogP contribution in [0.5, 0.6) is 0 Å². The number of likely N-dealkylation sites (tertiary alicyclic amines) is 1. The Bertz CT molecular complexity index is 279. The molecular formula is C12H21N3O2. The summed E-state index contributed by atoms with van der Waals surface area (Å²) in [5, 5.41) is 3.35. The molecule has 3 rings (SSSR count). The third-order valence-corrected chi connectivity index (χ3v) is 4.05. The van der Waals surface area contributed by atoms with Crippen molar-refractivity contribution in [1.29, 1.82) is 0 Å². The number of piperazine rings is 1. The number of amides is 1. The topological polar surface area (TPSA) is 44.8 Å². The number of nitrogens with one attached hydrogen (secondary N) is 1. The van der Waals surface area contributed by atoms with Crippen LogP contribution < -0.4 is 5.32 Å². The third kappa shape index (κ3) is 2.32. The Balaban J connectivity index is 1.45. The van der Waals surface area contributed by atoms with Gasteiger partial charge in [-0.2, -0.15) is 0 Å². The van der Waals surface area contributed by atoms with Gasteiger partial charge in [0.25, 0.3) is 5.91 Å². The van der Waals surface area contributed by atoms with E-state index in [1.54, 1.807) is 0 Å². The van der Waals surface area contributed by atoms with Gasteiger partial charge in [0.2, 0.25) is 0 Å². The Morgan fingerprint density at radius 1 is 1.24 bits per heavy atom. The van der Waals surface area contributed by atoms with Gasteiger partial charge < -0.3 is 15.0 Å². The van der Waals surface area contributed by atoms with Gasteiger partial charge in [-0.1, -0.05) is 0 Å². The molecule has 3 fully saturated rings. The number of hydrogen-bond acceptors (Lipinski definition) is 4. The number of hydrogen-bond donors (Lipinski definition) is 1. The predicted octanol–water partition coefficient (Wildman–Crippen LogP) is -0.719. The maximum Gasteiger partial charge on any atom is 0.251 e. The van der Waals surface area contributed by atoms with Crippen LogP contribution in [0.15, 0.2) is 0 Å². The lowest BCUT2D eigenvalue weighted by Gasteiger charge is -2.47. The molecule has 1 amide bonds. The molecule has 5 nitrogen and oxygen atoms in total. The van der Waals surface area contributed by atoms with Crippen LogP contribution in [-0.4, -0.2) is 73.7 Å². The van der Waals surface area contributed by atoms with E-state index in [0.717, 1.165) is 58.7 Å². The van der Waals surface area contributed by atoms with Crippen molar-refractivity contribution >= 4 is 5.91 Å². The average Bonchev–Trinajstić information content (AvgIpc) is 2.81. The van der Waals surface area contributed by atoms with E-state index in [2.05, 4.69) is 10.2 Å². The number of rotatable bonds is 2. The second kappa shape index (κ2) is 4.92. The molecule has 0 spiro atoms. The molecule has 0 bridgehead atoms. The Kier molecular flexibility index (Phi) is 3.31. The summed E-state index contributed by atoms with van der Waals surface area (Å²) < 4.78 is 5.44. The third-order valence-electron chi connectivity index (χ3n) is 4.05. The Morgan fingerprint density at radius 3 is 2.65 bits per heavy atom. The van der Waals surface area contributed by atoms with Crippen LogP contribution in [0.1, 0.15) is 12.8 Å². The fraction of sp³-hybridized carbons (Fsp3) is 0.917. The molecule has 0 aliphatic carbocycles. The zero-order chi connectivity index (χ0) is 11.7. The highest BCUT2D eigenvalue weighted by molar-refractivity contribution is 5.82. The van der Waals surface area contributed by atoms with Gasteiger partial charge >= 0.3 is 0 Å². The van der Waals surface area contributed by atoms with E-state index in [-0.39, 0.29) is 12.0 Å². The van der Waals surface area contributed by atoms with Crippen LogP contribution in [0.25, 0.3) is 0 Å². The number of carbonyl (C=O) groups is 1. The van der Waals surface area contributed by atoms with Crippen LogP contribution in [0, 0.1) is 0 Å². The van der Waals surface area contributed by atoms with Gasteiger partial charge in [0.05, 0.1) is 0 Å². The smallest absolute Gasteiger partial charge is 0.251 e. The summed E-state index contributed by atoms with van der Waals surface area (Å²) in [6.45, 7) is 6.95. The first-order valence-corrected chi connectivity index (χ1v) is 6.70. The molecule has 17 heavy (non-hydrogen) atoms. The van der Waals surface area contributed by atoms with E-state index in [1.807, 2.05) is 4.90 Å². The second-order valence-corrected chi connectivity index (χ2v) is 5.18. The summed E-state index contributed by atoms with van der Waals surface area (Å²) in [7, 11) is 0. The molecule has 96 valence electrons. The summed E-state index contributed by atoms with van der Waals surface area (Å²) in [5.41, 5.74) is 0. The zero-order valence-electron chi connectivity index (χ0n) is 10.2. The lowest BCUT2D eigenvalue weighted by Crippen LogP contribution is -2.65. The first-order valence-electron chi connectivity index (χ1n) is 6.70. The van der Waals surface area contributed by atoms with Crippen molar-refractivity contribution in [2.75, 3.05) is 45.9 Å². The minimum absolute atomic E-state index is 0.140. The van der Waals surface area contributed by atoms with Crippen molar-refractivity contribution in [3.05, 3.63) is 0 Å². The number of ether oxygens (including phenoxy) is 1. The molecule has 0 aromatic rings.